The van der Waals surface area contributed by atoms with Gasteiger partial charge in [-0.1, -0.05) is 12.6 Å². The summed E-state index contributed by atoms with van der Waals surface area (Å²) in [6.07, 6.45) is 4.59. The van der Waals surface area contributed by atoms with E-state index in [0.29, 0.717) is 49.2 Å². The van der Waals surface area contributed by atoms with E-state index < -0.39 is 0 Å². The first kappa shape index (κ1) is 23.3. The fourth-order valence-electron chi connectivity index (χ4n) is 4.23. The molecule has 1 saturated heterocycles. The zero-order valence-corrected chi connectivity index (χ0v) is 20.2. The van der Waals surface area contributed by atoms with Gasteiger partial charge in [0.15, 0.2) is 0 Å². The molecule has 36 heavy (non-hydrogen) atoms. The van der Waals surface area contributed by atoms with Gasteiger partial charge in [-0.2, -0.15) is 5.10 Å². The molecule has 1 fully saturated rings. The Morgan fingerprint density at radius 3 is 2.75 bits per heavy atom. The minimum Gasteiger partial charge on any atom is -0.494 e. The number of ether oxygens (including phenoxy) is 2. The number of carbonyl (C=O) groups excluding carboxylic acids is 1. The maximum atomic E-state index is 12.2. The first-order valence-corrected chi connectivity index (χ1v) is 11.5. The van der Waals surface area contributed by atoms with Crippen molar-refractivity contribution in [1.29, 1.82) is 0 Å². The predicted molar refractivity (Wildman–Crippen MR) is 140 cm³/mol. The van der Waals surface area contributed by atoms with Crippen LogP contribution in [0.3, 0.4) is 0 Å². The molecule has 10 nitrogen and oxygen atoms in total. The summed E-state index contributed by atoms with van der Waals surface area (Å²) in [5.74, 6) is 0.908. The van der Waals surface area contributed by atoms with Gasteiger partial charge in [0.25, 0.3) is 0 Å². The minimum absolute atomic E-state index is 0.296. The molecule has 0 aliphatic carbocycles. The van der Waals surface area contributed by atoms with Crippen molar-refractivity contribution < 1.29 is 14.3 Å². The maximum Gasteiger partial charge on any atom is 0.247 e. The van der Waals surface area contributed by atoms with Crippen molar-refractivity contribution in [3.05, 3.63) is 61.6 Å². The largest absolute Gasteiger partial charge is 0.494 e. The summed E-state index contributed by atoms with van der Waals surface area (Å²) < 4.78 is 13.0. The van der Waals surface area contributed by atoms with Crippen LogP contribution in [0.4, 0.5) is 22.9 Å². The van der Waals surface area contributed by atoms with Gasteiger partial charge >= 0.3 is 0 Å². The number of anilines is 4. The van der Waals surface area contributed by atoms with Gasteiger partial charge in [-0.05, 0) is 24.3 Å². The zero-order valence-electron chi connectivity index (χ0n) is 20.2. The Kier molecular flexibility index (Phi) is 6.50. The molecule has 2 aromatic carbocycles. The maximum absolute atomic E-state index is 12.2. The average Bonchev–Trinajstić information content (AvgIpc) is 3.29. The first-order chi connectivity index (χ1) is 17.6. The number of carbonyl (C=O) groups is 1. The second-order valence-corrected chi connectivity index (χ2v) is 8.32. The third-order valence-corrected chi connectivity index (χ3v) is 6.08. The van der Waals surface area contributed by atoms with Gasteiger partial charge in [-0.15, -0.1) is 0 Å². The number of rotatable bonds is 7. The molecule has 2 aromatic heterocycles. The summed E-state index contributed by atoms with van der Waals surface area (Å²) in [5.41, 5.74) is 4.91. The fraction of sp³-hybridized carbons (Fsp3) is 0.231. The van der Waals surface area contributed by atoms with Crippen LogP contribution in [0, 0.1) is 0 Å². The van der Waals surface area contributed by atoms with Gasteiger partial charge in [0.2, 0.25) is 5.91 Å². The molecule has 4 aromatic rings. The number of amides is 1. The zero-order chi connectivity index (χ0) is 25.1. The normalized spacial score (nSPS) is 13.4. The lowest BCUT2D eigenvalue weighted by Gasteiger charge is -2.31. The van der Waals surface area contributed by atoms with Crippen LogP contribution in [-0.2, 0) is 16.6 Å². The molecule has 10 heteroatoms. The smallest absolute Gasteiger partial charge is 0.247 e. The van der Waals surface area contributed by atoms with Crippen LogP contribution in [-0.4, -0.2) is 59.1 Å². The number of fused-ring (bicyclic) bond motifs is 1. The Labute approximate surface area is 208 Å². The third-order valence-electron chi connectivity index (χ3n) is 6.08. The summed E-state index contributed by atoms with van der Waals surface area (Å²) in [7, 11) is 3.53. The van der Waals surface area contributed by atoms with E-state index >= 15 is 0 Å². The molecule has 2 N–H and O–H groups in total. The molecule has 184 valence electrons. The lowest BCUT2D eigenvalue weighted by molar-refractivity contribution is -0.111. The number of hydrogen-bond acceptors (Lipinski definition) is 8. The van der Waals surface area contributed by atoms with Gasteiger partial charge in [0.1, 0.15) is 17.9 Å². The number of aromatic nitrogens is 4. The number of methoxy groups -OCH3 is 1. The highest BCUT2D eigenvalue weighted by atomic mass is 16.5. The lowest BCUT2D eigenvalue weighted by atomic mass is 10.1. The molecule has 5 rings (SSSR count). The number of nitrogens with one attached hydrogen (secondary N) is 2. The quantitative estimate of drug-likeness (QED) is 0.381. The summed E-state index contributed by atoms with van der Waals surface area (Å²) >= 11 is 0. The summed E-state index contributed by atoms with van der Waals surface area (Å²) in [5, 5.41) is 11.6. The highest BCUT2D eigenvalue weighted by molar-refractivity contribution is 6.02. The summed E-state index contributed by atoms with van der Waals surface area (Å²) in [6, 6.07) is 11.7. The van der Waals surface area contributed by atoms with Crippen LogP contribution in [0.15, 0.2) is 61.6 Å². The Morgan fingerprint density at radius 1 is 1.14 bits per heavy atom. The summed E-state index contributed by atoms with van der Waals surface area (Å²) in [6.45, 7) is 6.23. The molecule has 0 spiro atoms. The van der Waals surface area contributed by atoms with Gasteiger partial charge in [0.05, 0.1) is 54.8 Å². The molecule has 3 heterocycles. The van der Waals surface area contributed by atoms with Crippen LogP contribution in [0.25, 0.3) is 22.2 Å². The molecule has 0 radical (unpaired) electrons. The van der Waals surface area contributed by atoms with E-state index in [1.165, 1.54) is 12.4 Å². The molecule has 1 aliphatic heterocycles. The summed E-state index contributed by atoms with van der Waals surface area (Å²) in [4.78, 5) is 23.2. The molecular weight excluding hydrogens is 458 g/mol. The molecule has 0 atom stereocenters. The monoisotopic (exact) mass is 485 g/mol. The Balaban J connectivity index is 1.49. The van der Waals surface area contributed by atoms with Crippen LogP contribution in [0.1, 0.15) is 0 Å². The van der Waals surface area contributed by atoms with Crippen LogP contribution < -0.4 is 20.3 Å². The molecule has 0 saturated carbocycles. The standard InChI is InChI=1S/C26H27N7O3/c1-4-26(34)31-20-12-21(24(35-3)14-23(20)33-7-9-36-10-8-33)30-25-13-19(27-16-28-25)17-5-6-22-18(11-17)15-29-32(22)2/h4-6,11-16H,1,7-10H2,2-3H3,(H,31,34)(H,27,28,30). The Morgan fingerprint density at radius 2 is 1.97 bits per heavy atom. The van der Waals surface area contributed by atoms with Crippen LogP contribution in [0.2, 0.25) is 0 Å². The fourth-order valence-corrected chi connectivity index (χ4v) is 4.23. The number of nitrogens with zero attached hydrogens (tertiary/aromatic N) is 5. The van der Waals surface area contributed by atoms with Gasteiger partial charge in [0, 0.05) is 43.2 Å². The van der Waals surface area contributed by atoms with Gasteiger partial charge in [-0.25, -0.2) is 9.97 Å². The van der Waals surface area contributed by atoms with E-state index in [0.717, 1.165) is 27.8 Å². The van der Waals surface area contributed by atoms with Crippen molar-refractivity contribution in [2.24, 2.45) is 7.05 Å². The van der Waals surface area contributed by atoms with Crippen molar-refractivity contribution in [2.75, 3.05) is 48.9 Å². The predicted octanol–water partition coefficient (Wildman–Crippen LogP) is 3.74. The van der Waals surface area contributed by atoms with E-state index in [2.05, 4.69) is 43.2 Å². The molecular formula is C26H27N7O3. The SMILES string of the molecule is C=CC(=O)Nc1cc(Nc2cc(-c3ccc4c(cnn4C)c3)ncn2)c(OC)cc1N1CCOCC1. The lowest BCUT2D eigenvalue weighted by Crippen LogP contribution is -2.36. The number of benzene rings is 2. The van der Waals surface area contributed by atoms with Gasteiger partial charge in [-0.3, -0.25) is 9.48 Å². The second-order valence-electron chi connectivity index (χ2n) is 8.32. The second kappa shape index (κ2) is 10.0. The molecule has 0 unspecified atom stereocenters. The highest BCUT2D eigenvalue weighted by Crippen LogP contribution is 2.39. The minimum atomic E-state index is -0.296. The highest BCUT2D eigenvalue weighted by Gasteiger charge is 2.20. The molecule has 0 bridgehead atoms. The van der Waals surface area contributed by atoms with Crippen molar-refractivity contribution >= 4 is 39.7 Å². The van der Waals surface area contributed by atoms with E-state index in [9.17, 15) is 4.79 Å². The number of aryl methyl sites for hydroxylation is 1. The van der Waals surface area contributed by atoms with E-state index in [1.54, 1.807) is 7.11 Å². The molecule has 1 aliphatic rings. The number of hydrogen-bond donors (Lipinski definition) is 2. The van der Waals surface area contributed by atoms with Crippen molar-refractivity contribution in [3.63, 3.8) is 0 Å². The van der Waals surface area contributed by atoms with E-state index in [-0.39, 0.29) is 5.91 Å². The van der Waals surface area contributed by atoms with Crippen LogP contribution >= 0.6 is 0 Å². The van der Waals surface area contributed by atoms with Crippen molar-refractivity contribution in [3.8, 4) is 17.0 Å². The first-order valence-electron chi connectivity index (χ1n) is 11.5. The Hall–Kier alpha value is -4.44. The van der Waals surface area contributed by atoms with Crippen molar-refractivity contribution in [2.45, 2.75) is 0 Å². The van der Waals surface area contributed by atoms with Crippen LogP contribution in [0.5, 0.6) is 5.75 Å². The average molecular weight is 486 g/mol. The van der Waals surface area contributed by atoms with E-state index in [1.807, 2.05) is 48.3 Å². The van der Waals surface area contributed by atoms with Crippen molar-refractivity contribution in [1.82, 2.24) is 19.7 Å². The van der Waals surface area contributed by atoms with Gasteiger partial charge < -0.3 is 25.0 Å². The number of morpholine rings is 1. The van der Waals surface area contributed by atoms with E-state index in [4.69, 9.17) is 9.47 Å². The molecule has 1 amide bonds. The topological polar surface area (TPSA) is 106 Å². The third kappa shape index (κ3) is 4.71. The Bertz CT molecular complexity index is 1430.